The number of nitrogens with zero attached hydrogens (tertiary/aromatic N) is 1. The molecule has 0 unspecified atom stereocenters. The Bertz CT molecular complexity index is 474. The van der Waals surface area contributed by atoms with E-state index in [0.29, 0.717) is 0 Å². The largest absolute Gasteiger partial charge is 0.490 e. The Morgan fingerprint density at radius 1 is 1.53 bits per heavy atom. The molecule has 1 N–H and O–H groups in total. The maximum atomic E-state index is 11.9. The van der Waals surface area contributed by atoms with Gasteiger partial charge in [-0.25, -0.2) is 0 Å². The van der Waals surface area contributed by atoms with Crippen LogP contribution in [0.4, 0.5) is 5.69 Å². The number of carbonyl (C=O) groups is 1. The first-order chi connectivity index (χ1) is 8.99. The number of nitrogens with one attached hydrogen (secondary N) is 1. The van der Waals surface area contributed by atoms with Crippen LogP contribution in [0.5, 0.6) is 5.75 Å². The summed E-state index contributed by atoms with van der Waals surface area (Å²) in [5.74, 6) is -0.171. The number of rotatable bonds is 6. The van der Waals surface area contributed by atoms with Gasteiger partial charge in [-0.15, -0.1) is 0 Å². The summed E-state index contributed by atoms with van der Waals surface area (Å²) in [6, 6.07) is 4.21. The van der Waals surface area contributed by atoms with Crippen LogP contribution in [-0.2, 0) is 0 Å². The van der Waals surface area contributed by atoms with Crippen molar-refractivity contribution in [1.29, 1.82) is 0 Å². The van der Waals surface area contributed by atoms with Gasteiger partial charge in [0.05, 0.1) is 12.0 Å². The van der Waals surface area contributed by atoms with Gasteiger partial charge in [0.2, 0.25) is 0 Å². The van der Waals surface area contributed by atoms with Crippen molar-refractivity contribution in [3.8, 4) is 5.75 Å². The Morgan fingerprint density at radius 3 is 2.74 bits per heavy atom. The van der Waals surface area contributed by atoms with Gasteiger partial charge in [-0.2, -0.15) is 0 Å². The molecule has 0 spiro atoms. The van der Waals surface area contributed by atoms with E-state index in [1.807, 2.05) is 13.8 Å². The Kier molecular flexibility index (Phi) is 5.29. The average Bonchev–Trinajstić information content (AvgIpc) is 2.37. The van der Waals surface area contributed by atoms with Crippen LogP contribution >= 0.6 is 0 Å². The lowest BCUT2D eigenvalue weighted by molar-refractivity contribution is -0.385. The van der Waals surface area contributed by atoms with Crippen molar-refractivity contribution in [2.45, 2.75) is 32.7 Å². The summed E-state index contributed by atoms with van der Waals surface area (Å²) >= 11 is 0. The molecule has 6 nitrogen and oxygen atoms in total. The fourth-order valence-corrected chi connectivity index (χ4v) is 1.79. The van der Waals surface area contributed by atoms with Gasteiger partial charge in [0.25, 0.3) is 5.91 Å². The second kappa shape index (κ2) is 6.72. The summed E-state index contributed by atoms with van der Waals surface area (Å²) in [7, 11) is 1.35. The van der Waals surface area contributed by atoms with Gasteiger partial charge in [0.15, 0.2) is 5.75 Å². The van der Waals surface area contributed by atoms with Gasteiger partial charge >= 0.3 is 5.69 Å². The fraction of sp³-hybridized carbons (Fsp3) is 0.462. The van der Waals surface area contributed by atoms with E-state index >= 15 is 0 Å². The summed E-state index contributed by atoms with van der Waals surface area (Å²) in [4.78, 5) is 22.2. The van der Waals surface area contributed by atoms with Crippen molar-refractivity contribution < 1.29 is 14.5 Å². The van der Waals surface area contributed by atoms with E-state index in [-0.39, 0.29) is 28.9 Å². The van der Waals surface area contributed by atoms with E-state index in [4.69, 9.17) is 4.74 Å². The molecule has 0 saturated heterocycles. The molecule has 1 rings (SSSR count). The Morgan fingerprint density at radius 2 is 2.21 bits per heavy atom. The second-order valence-corrected chi connectivity index (χ2v) is 4.31. The minimum Gasteiger partial charge on any atom is -0.490 e. The van der Waals surface area contributed by atoms with E-state index in [1.165, 1.54) is 25.3 Å². The molecule has 1 atom stereocenters. The first kappa shape index (κ1) is 14.9. The molecule has 1 aromatic carbocycles. The highest BCUT2D eigenvalue weighted by Crippen LogP contribution is 2.27. The SMILES string of the molecule is CCC[C@@H](C)NC(=O)c1ccc(OC)c([N+](=O)[O-])c1. The number of ether oxygens (including phenoxy) is 1. The first-order valence-electron chi connectivity index (χ1n) is 6.12. The number of benzene rings is 1. The molecule has 19 heavy (non-hydrogen) atoms. The van der Waals surface area contributed by atoms with Gasteiger partial charge in [-0.3, -0.25) is 14.9 Å². The number of hydrogen-bond acceptors (Lipinski definition) is 4. The molecule has 104 valence electrons. The lowest BCUT2D eigenvalue weighted by Gasteiger charge is -2.12. The van der Waals surface area contributed by atoms with Crippen LogP contribution in [0.25, 0.3) is 0 Å². The van der Waals surface area contributed by atoms with Crippen LogP contribution in [0, 0.1) is 10.1 Å². The summed E-state index contributed by atoms with van der Waals surface area (Å²) in [5.41, 5.74) is 0.0498. The zero-order valence-corrected chi connectivity index (χ0v) is 11.3. The molecule has 0 fully saturated rings. The number of nitro benzene ring substituents is 1. The predicted molar refractivity (Wildman–Crippen MR) is 71.5 cm³/mol. The van der Waals surface area contributed by atoms with Crippen LogP contribution in [-0.4, -0.2) is 24.0 Å². The molecule has 0 heterocycles. The highest BCUT2D eigenvalue weighted by molar-refractivity contribution is 5.95. The average molecular weight is 266 g/mol. The minimum absolute atomic E-state index is 0.0404. The summed E-state index contributed by atoms with van der Waals surface area (Å²) < 4.78 is 4.89. The monoisotopic (exact) mass is 266 g/mol. The number of carbonyl (C=O) groups excluding carboxylic acids is 1. The van der Waals surface area contributed by atoms with Gasteiger partial charge in [-0.05, 0) is 25.5 Å². The van der Waals surface area contributed by atoms with Crippen molar-refractivity contribution in [2.75, 3.05) is 7.11 Å². The van der Waals surface area contributed by atoms with E-state index in [2.05, 4.69) is 5.32 Å². The van der Waals surface area contributed by atoms with Gasteiger partial charge in [-0.1, -0.05) is 13.3 Å². The summed E-state index contributed by atoms with van der Waals surface area (Å²) in [6.45, 7) is 3.93. The lowest BCUT2D eigenvalue weighted by Crippen LogP contribution is -2.32. The zero-order chi connectivity index (χ0) is 14.4. The molecule has 0 aliphatic rings. The van der Waals surface area contributed by atoms with Crippen molar-refractivity contribution in [2.24, 2.45) is 0 Å². The number of nitro groups is 1. The maximum absolute atomic E-state index is 11.9. The Balaban J connectivity index is 2.92. The van der Waals surface area contributed by atoms with Crippen LogP contribution in [0.2, 0.25) is 0 Å². The molecule has 1 amide bonds. The molecular formula is C13H18N2O4. The minimum atomic E-state index is -0.564. The van der Waals surface area contributed by atoms with Gasteiger partial charge in [0.1, 0.15) is 0 Å². The molecular weight excluding hydrogens is 248 g/mol. The quantitative estimate of drug-likeness (QED) is 0.633. The molecule has 6 heteroatoms. The molecule has 0 aromatic heterocycles. The molecule has 0 aliphatic heterocycles. The third-order valence-corrected chi connectivity index (χ3v) is 2.74. The van der Waals surface area contributed by atoms with Crippen LogP contribution in [0.1, 0.15) is 37.0 Å². The number of methoxy groups -OCH3 is 1. The van der Waals surface area contributed by atoms with Crippen molar-refractivity contribution in [1.82, 2.24) is 5.32 Å². The number of amides is 1. The third-order valence-electron chi connectivity index (χ3n) is 2.74. The van der Waals surface area contributed by atoms with E-state index in [9.17, 15) is 14.9 Å². The first-order valence-corrected chi connectivity index (χ1v) is 6.12. The molecule has 0 saturated carbocycles. The fourth-order valence-electron chi connectivity index (χ4n) is 1.79. The molecule has 0 aliphatic carbocycles. The Hall–Kier alpha value is -2.11. The smallest absolute Gasteiger partial charge is 0.311 e. The highest BCUT2D eigenvalue weighted by Gasteiger charge is 2.18. The van der Waals surface area contributed by atoms with E-state index < -0.39 is 4.92 Å². The Labute approximate surface area is 111 Å². The van der Waals surface area contributed by atoms with Gasteiger partial charge < -0.3 is 10.1 Å². The van der Waals surface area contributed by atoms with Crippen LogP contribution in [0.3, 0.4) is 0 Å². The third kappa shape index (κ3) is 3.94. The lowest BCUT2D eigenvalue weighted by atomic mass is 10.1. The molecule has 0 bridgehead atoms. The molecule has 0 radical (unpaired) electrons. The molecule has 1 aromatic rings. The normalized spacial score (nSPS) is 11.7. The predicted octanol–water partition coefficient (Wildman–Crippen LogP) is 2.52. The van der Waals surface area contributed by atoms with E-state index in [1.54, 1.807) is 0 Å². The highest BCUT2D eigenvalue weighted by atomic mass is 16.6. The second-order valence-electron chi connectivity index (χ2n) is 4.31. The maximum Gasteiger partial charge on any atom is 0.311 e. The van der Waals surface area contributed by atoms with E-state index in [0.717, 1.165) is 12.8 Å². The van der Waals surface area contributed by atoms with Gasteiger partial charge in [0, 0.05) is 17.7 Å². The summed E-state index contributed by atoms with van der Waals surface area (Å²) in [5, 5.41) is 13.7. The van der Waals surface area contributed by atoms with Crippen LogP contribution < -0.4 is 10.1 Å². The van der Waals surface area contributed by atoms with Crippen molar-refractivity contribution in [3.05, 3.63) is 33.9 Å². The zero-order valence-electron chi connectivity index (χ0n) is 11.3. The van der Waals surface area contributed by atoms with Crippen molar-refractivity contribution in [3.63, 3.8) is 0 Å². The van der Waals surface area contributed by atoms with Crippen molar-refractivity contribution >= 4 is 11.6 Å². The number of hydrogen-bond donors (Lipinski definition) is 1. The standard InChI is InChI=1S/C13H18N2O4/c1-4-5-9(2)14-13(16)10-6-7-12(19-3)11(8-10)15(17)18/h6-9H,4-5H2,1-3H3,(H,14,16)/t9-/m1/s1. The topological polar surface area (TPSA) is 81.5 Å². The summed E-state index contributed by atoms with van der Waals surface area (Å²) in [6.07, 6.45) is 1.83. The van der Waals surface area contributed by atoms with Crippen LogP contribution in [0.15, 0.2) is 18.2 Å².